The van der Waals surface area contributed by atoms with Crippen molar-refractivity contribution in [2.45, 2.75) is 30.4 Å². The summed E-state index contributed by atoms with van der Waals surface area (Å²) in [6, 6.07) is 9.80. The fraction of sp³-hybridized carbons (Fsp3) is 0.429. The van der Waals surface area contributed by atoms with Gasteiger partial charge in [-0.1, -0.05) is 72.3 Å². The van der Waals surface area contributed by atoms with Crippen LogP contribution in [0.1, 0.15) is 18.9 Å². The van der Waals surface area contributed by atoms with Gasteiger partial charge in [-0.2, -0.15) is 0 Å². The highest BCUT2D eigenvalue weighted by Gasteiger charge is 2.29. The fourth-order valence-electron chi connectivity index (χ4n) is 1.23. The third kappa shape index (κ3) is 5.29. The van der Waals surface area contributed by atoms with Crippen molar-refractivity contribution in [1.29, 1.82) is 0 Å². The van der Waals surface area contributed by atoms with Crippen LogP contribution in [0.15, 0.2) is 30.3 Å². The lowest BCUT2D eigenvalue weighted by Crippen LogP contribution is -2.28. The lowest BCUT2D eigenvalue weighted by molar-refractivity contribution is 0.152. The maximum absolute atomic E-state index is 9.60. The molecule has 98 valence electrons. The third-order valence-corrected chi connectivity index (χ3v) is 3.34. The lowest BCUT2D eigenvalue weighted by Gasteiger charge is -2.19. The molecule has 18 heavy (non-hydrogen) atoms. The lowest BCUT2D eigenvalue weighted by atomic mass is 10.2. The van der Waals surface area contributed by atoms with E-state index in [1.165, 1.54) is 0 Å². The smallest absolute Gasteiger partial charge is 0.154 e. The van der Waals surface area contributed by atoms with Gasteiger partial charge >= 0.3 is 0 Å². The van der Waals surface area contributed by atoms with Gasteiger partial charge in [0.25, 0.3) is 0 Å². The summed E-state index contributed by atoms with van der Waals surface area (Å²) in [7, 11) is 0. The van der Waals surface area contributed by atoms with Crippen molar-refractivity contribution in [3.63, 3.8) is 0 Å². The van der Waals surface area contributed by atoms with E-state index in [-0.39, 0.29) is 6.61 Å². The maximum Gasteiger partial charge on any atom is 0.154 e. The molecule has 0 radical (unpaired) electrons. The molecular weight excluding hydrogens is 271 g/mol. The van der Waals surface area contributed by atoms with Crippen molar-refractivity contribution in [2.75, 3.05) is 6.61 Å². The van der Waals surface area contributed by atoms with Crippen molar-refractivity contribution in [3.8, 4) is 11.8 Å². The zero-order valence-corrected chi connectivity index (χ0v) is 11.7. The molecule has 0 bridgehead atoms. The van der Waals surface area contributed by atoms with Crippen molar-refractivity contribution in [1.82, 2.24) is 0 Å². The molecule has 0 aromatic heterocycles. The molecule has 0 amide bonds. The topological polar surface area (TPSA) is 29.5 Å². The molecule has 0 aliphatic rings. The highest BCUT2D eigenvalue weighted by Crippen LogP contribution is 2.28. The Morgan fingerprint density at radius 1 is 1.33 bits per heavy atom. The second-order valence-corrected chi connectivity index (χ2v) is 5.36. The van der Waals surface area contributed by atoms with Crippen LogP contribution in [0.3, 0.4) is 0 Å². The average molecular weight is 287 g/mol. The molecular formula is C14H16Cl2O2. The van der Waals surface area contributed by atoms with Gasteiger partial charge in [0.2, 0.25) is 0 Å². The van der Waals surface area contributed by atoms with E-state index in [9.17, 15) is 5.11 Å². The van der Waals surface area contributed by atoms with E-state index in [4.69, 9.17) is 27.9 Å². The SMILES string of the molecule is CCC(Cl)(Cl)[C@H](O)C#CCOCc1ccccc1. The van der Waals surface area contributed by atoms with E-state index in [1.807, 2.05) is 30.3 Å². The van der Waals surface area contributed by atoms with Crippen LogP contribution in [0.25, 0.3) is 0 Å². The Hall–Kier alpha value is -0.720. The van der Waals surface area contributed by atoms with Crippen LogP contribution in [-0.4, -0.2) is 22.2 Å². The summed E-state index contributed by atoms with van der Waals surface area (Å²) in [5, 5.41) is 9.60. The first-order valence-corrected chi connectivity index (χ1v) is 6.48. The van der Waals surface area contributed by atoms with Crippen molar-refractivity contribution in [3.05, 3.63) is 35.9 Å². The van der Waals surface area contributed by atoms with Crippen LogP contribution >= 0.6 is 23.2 Å². The summed E-state index contributed by atoms with van der Waals surface area (Å²) in [6.45, 7) is 2.52. The zero-order valence-electron chi connectivity index (χ0n) is 10.2. The van der Waals surface area contributed by atoms with Crippen LogP contribution < -0.4 is 0 Å². The molecule has 1 aromatic rings. The Morgan fingerprint density at radius 2 is 2.00 bits per heavy atom. The van der Waals surface area contributed by atoms with E-state index in [0.29, 0.717) is 13.0 Å². The standard InChI is InChI=1S/C14H16Cl2O2/c1-2-14(15,16)13(17)9-6-10-18-11-12-7-4-3-5-8-12/h3-5,7-8,13,17H,2,10-11H2,1H3/t13-/m1/s1. The number of benzene rings is 1. The summed E-state index contributed by atoms with van der Waals surface area (Å²) in [4.78, 5) is 0. The first-order valence-electron chi connectivity index (χ1n) is 5.72. The molecule has 4 heteroatoms. The molecule has 0 spiro atoms. The van der Waals surface area contributed by atoms with Gasteiger partial charge in [0.15, 0.2) is 4.33 Å². The molecule has 0 saturated carbocycles. The summed E-state index contributed by atoms with van der Waals surface area (Å²) in [6.07, 6.45) is -0.636. The van der Waals surface area contributed by atoms with E-state index in [1.54, 1.807) is 6.92 Å². The Morgan fingerprint density at radius 3 is 2.61 bits per heavy atom. The van der Waals surface area contributed by atoms with E-state index >= 15 is 0 Å². The minimum absolute atomic E-state index is 0.236. The van der Waals surface area contributed by atoms with Crippen LogP contribution in [0.5, 0.6) is 0 Å². The number of halogens is 2. The monoisotopic (exact) mass is 286 g/mol. The van der Waals surface area contributed by atoms with E-state index < -0.39 is 10.4 Å². The number of ether oxygens (including phenoxy) is 1. The first-order chi connectivity index (χ1) is 8.56. The predicted octanol–water partition coefficient (Wildman–Crippen LogP) is 3.15. The summed E-state index contributed by atoms with van der Waals surface area (Å²) >= 11 is 11.7. The largest absolute Gasteiger partial charge is 0.377 e. The first kappa shape index (κ1) is 15.3. The molecule has 0 aliphatic heterocycles. The molecule has 0 aliphatic carbocycles. The number of hydrogen-bond donors (Lipinski definition) is 1. The maximum atomic E-state index is 9.60. The molecule has 1 aromatic carbocycles. The highest BCUT2D eigenvalue weighted by atomic mass is 35.5. The Balaban J connectivity index is 2.30. The number of aliphatic hydroxyl groups excluding tert-OH is 1. The van der Waals surface area contributed by atoms with Gasteiger partial charge < -0.3 is 9.84 Å². The second kappa shape index (κ2) is 7.66. The second-order valence-electron chi connectivity index (χ2n) is 3.82. The molecule has 0 saturated heterocycles. The van der Waals surface area contributed by atoms with Gasteiger partial charge in [0.05, 0.1) is 6.61 Å². The molecule has 1 N–H and O–H groups in total. The molecule has 0 heterocycles. The predicted molar refractivity (Wildman–Crippen MR) is 74.6 cm³/mol. The van der Waals surface area contributed by atoms with Crippen molar-refractivity contribution in [2.24, 2.45) is 0 Å². The molecule has 1 atom stereocenters. The van der Waals surface area contributed by atoms with Crippen LogP contribution in [0, 0.1) is 11.8 Å². The van der Waals surface area contributed by atoms with Gasteiger partial charge in [0, 0.05) is 0 Å². The number of hydrogen-bond acceptors (Lipinski definition) is 2. The quantitative estimate of drug-likeness (QED) is 0.512. The van der Waals surface area contributed by atoms with Crippen molar-refractivity contribution >= 4 is 23.2 Å². The molecule has 0 unspecified atom stereocenters. The van der Waals surface area contributed by atoms with E-state index in [0.717, 1.165) is 5.56 Å². The number of aliphatic hydroxyl groups is 1. The normalized spacial score (nSPS) is 12.7. The minimum Gasteiger partial charge on any atom is -0.377 e. The van der Waals surface area contributed by atoms with Crippen molar-refractivity contribution < 1.29 is 9.84 Å². The molecule has 2 nitrogen and oxygen atoms in total. The molecule has 1 rings (SSSR count). The van der Waals surface area contributed by atoms with Gasteiger partial charge in [-0.05, 0) is 12.0 Å². The van der Waals surface area contributed by atoms with E-state index in [2.05, 4.69) is 11.8 Å². The number of rotatable bonds is 5. The Labute approximate surface area is 118 Å². The summed E-state index contributed by atoms with van der Waals surface area (Å²) in [5.41, 5.74) is 1.08. The molecule has 0 fully saturated rings. The van der Waals surface area contributed by atoms with Gasteiger partial charge in [-0.15, -0.1) is 0 Å². The summed E-state index contributed by atoms with van der Waals surface area (Å²) in [5.74, 6) is 5.28. The Kier molecular flexibility index (Phi) is 6.52. The van der Waals surface area contributed by atoms with Gasteiger partial charge in [-0.25, -0.2) is 0 Å². The Bertz CT molecular complexity index is 407. The van der Waals surface area contributed by atoms with Gasteiger partial charge in [0.1, 0.15) is 12.7 Å². The van der Waals surface area contributed by atoms with Gasteiger partial charge in [-0.3, -0.25) is 0 Å². The third-order valence-electron chi connectivity index (χ3n) is 2.40. The van der Waals surface area contributed by atoms with Crippen LogP contribution in [-0.2, 0) is 11.3 Å². The number of alkyl halides is 2. The summed E-state index contributed by atoms with van der Waals surface area (Å²) < 4.78 is 4.13. The minimum atomic E-state index is -1.22. The highest BCUT2D eigenvalue weighted by molar-refractivity contribution is 6.49. The van der Waals surface area contributed by atoms with Crippen LogP contribution in [0.2, 0.25) is 0 Å². The van der Waals surface area contributed by atoms with Crippen LogP contribution in [0.4, 0.5) is 0 Å². The average Bonchev–Trinajstić information content (AvgIpc) is 2.39. The zero-order chi connectivity index (χ0) is 13.4. The fourth-order valence-corrected chi connectivity index (χ4v) is 1.34.